The van der Waals surface area contributed by atoms with Crippen molar-refractivity contribution in [1.82, 2.24) is 0 Å². The van der Waals surface area contributed by atoms with Crippen LogP contribution >= 0.6 is 0 Å². The van der Waals surface area contributed by atoms with Crippen LogP contribution in [0.5, 0.6) is 0 Å². The van der Waals surface area contributed by atoms with Crippen molar-refractivity contribution in [3.8, 4) is 0 Å². The van der Waals surface area contributed by atoms with Crippen LogP contribution in [0.2, 0.25) is 0 Å². The van der Waals surface area contributed by atoms with E-state index in [1.165, 1.54) is 0 Å². The molecule has 0 amide bonds. The Labute approximate surface area is 181 Å². The van der Waals surface area contributed by atoms with E-state index in [0.717, 1.165) is 11.3 Å². The Morgan fingerprint density at radius 1 is 0.750 bits per heavy atom. The Balaban J connectivity index is -0.000000266. The molecule has 3 nitrogen and oxygen atoms in total. The standard InChI is InChI=1S/C14H11NO2.2C2H6.3V/c1-9-3-5-11(6-4-9)15-12-8-13(16)10(2)7-14(12)17;2*1-2;;;/h3-6,15H,1-2H3;2*1-2H3;;;/q-2;;;;;. The number of hydrogen-bond acceptors (Lipinski definition) is 3. The van der Waals surface area contributed by atoms with Gasteiger partial charge in [0.1, 0.15) is 0 Å². The van der Waals surface area contributed by atoms with Crippen molar-refractivity contribution in [2.45, 2.75) is 41.5 Å². The number of carbonyl (C=O) groups excluding carboxylic acids is 2. The molecule has 1 aliphatic rings. The molecule has 0 atom stereocenters. The summed E-state index contributed by atoms with van der Waals surface area (Å²) in [6.07, 6.45) is 4.97. The number of anilines is 1. The van der Waals surface area contributed by atoms with Crippen molar-refractivity contribution >= 4 is 17.3 Å². The van der Waals surface area contributed by atoms with Crippen LogP contribution in [0.3, 0.4) is 0 Å². The molecule has 0 heterocycles. The van der Waals surface area contributed by atoms with Crippen LogP contribution in [0.15, 0.2) is 35.5 Å². The smallest absolute Gasteiger partial charge is 0.0258 e. The minimum Gasteiger partial charge on any atom is -0.428 e. The largest absolute Gasteiger partial charge is 0.428 e. The van der Waals surface area contributed by atoms with Crippen LogP contribution < -0.4 is 5.32 Å². The Bertz CT molecular complexity index is 550. The first-order chi connectivity index (χ1) is 10.1. The van der Waals surface area contributed by atoms with E-state index in [9.17, 15) is 9.59 Å². The molecule has 0 bridgehead atoms. The van der Waals surface area contributed by atoms with Crippen molar-refractivity contribution < 1.29 is 65.3 Å². The molecule has 1 N–H and O–H groups in total. The first kappa shape index (κ1) is 31.4. The molecule has 0 saturated heterocycles. The fourth-order valence-corrected chi connectivity index (χ4v) is 1.42. The molecule has 0 saturated carbocycles. The Morgan fingerprint density at radius 2 is 1.21 bits per heavy atom. The van der Waals surface area contributed by atoms with Gasteiger partial charge >= 0.3 is 0 Å². The number of hydrogen-bond donors (Lipinski definition) is 1. The molecule has 1 aromatic rings. The van der Waals surface area contributed by atoms with E-state index in [4.69, 9.17) is 0 Å². The molecule has 0 aliphatic heterocycles. The molecular weight excluding hydrogens is 415 g/mol. The van der Waals surface area contributed by atoms with Crippen molar-refractivity contribution in [1.29, 1.82) is 0 Å². The summed E-state index contributed by atoms with van der Waals surface area (Å²) in [5.74, 6) is -0.651. The number of aryl methyl sites for hydroxylation is 1. The average Bonchev–Trinajstić information content (AvgIpc) is 2.51. The topological polar surface area (TPSA) is 46.2 Å². The number of allylic oxidation sites excluding steroid dienone is 3. The first-order valence-electron chi connectivity index (χ1n) is 7.23. The molecule has 0 unspecified atom stereocenters. The van der Waals surface area contributed by atoms with Crippen molar-refractivity contribution in [2.24, 2.45) is 0 Å². The van der Waals surface area contributed by atoms with Crippen LogP contribution in [0, 0.1) is 19.1 Å². The van der Waals surface area contributed by atoms with E-state index in [1.54, 1.807) is 6.92 Å². The molecule has 0 fully saturated rings. The molecular formula is C18H23NO2V3-2. The van der Waals surface area contributed by atoms with Gasteiger partial charge in [0, 0.05) is 61.4 Å². The second-order valence-corrected chi connectivity index (χ2v) is 3.90. The minimum atomic E-state index is -0.345. The molecule has 3 radical (unpaired) electrons. The van der Waals surface area contributed by atoms with Crippen LogP contribution in [-0.4, -0.2) is 11.6 Å². The van der Waals surface area contributed by atoms with Crippen molar-refractivity contribution in [3.05, 3.63) is 53.3 Å². The predicted molar refractivity (Wildman–Crippen MR) is 86.7 cm³/mol. The fourth-order valence-electron chi connectivity index (χ4n) is 1.42. The van der Waals surface area contributed by atoms with Gasteiger partial charge in [-0.15, -0.1) is 12.6 Å². The zero-order chi connectivity index (χ0) is 16.4. The molecule has 24 heavy (non-hydrogen) atoms. The maximum Gasteiger partial charge on any atom is 0.0258 e. The quantitative estimate of drug-likeness (QED) is 0.560. The zero-order valence-electron chi connectivity index (χ0n) is 15.0. The van der Waals surface area contributed by atoms with Crippen LogP contribution in [0.25, 0.3) is 0 Å². The second-order valence-electron chi connectivity index (χ2n) is 3.90. The van der Waals surface area contributed by atoms with Crippen LogP contribution in [0.4, 0.5) is 5.69 Å². The number of rotatable bonds is 2. The third kappa shape index (κ3) is 10.5. The molecule has 0 spiro atoms. The SMILES string of the molecule is CC.CC.CC1=[C-]C(=O)C(Nc2ccc(C)cc2)=[C-]C1=O.[V].[V].[V]. The van der Waals surface area contributed by atoms with Gasteiger partial charge in [-0.2, -0.15) is 0 Å². The van der Waals surface area contributed by atoms with Gasteiger partial charge in [-0.25, -0.2) is 11.6 Å². The van der Waals surface area contributed by atoms with Gasteiger partial charge in [0.2, 0.25) is 0 Å². The molecule has 1 aliphatic carbocycles. The van der Waals surface area contributed by atoms with Crippen LogP contribution in [0.1, 0.15) is 40.2 Å². The molecule has 129 valence electrons. The van der Waals surface area contributed by atoms with Crippen molar-refractivity contribution in [2.75, 3.05) is 5.32 Å². The van der Waals surface area contributed by atoms with E-state index in [0.29, 0.717) is 5.57 Å². The first-order valence-corrected chi connectivity index (χ1v) is 7.23. The van der Waals surface area contributed by atoms with Crippen LogP contribution in [-0.2, 0) is 65.3 Å². The van der Waals surface area contributed by atoms with Gasteiger partial charge in [0.15, 0.2) is 0 Å². The third-order valence-electron chi connectivity index (χ3n) is 2.43. The molecule has 6 heteroatoms. The van der Waals surface area contributed by atoms with Gasteiger partial charge in [-0.3, -0.25) is 6.08 Å². The van der Waals surface area contributed by atoms with Gasteiger partial charge in [0.25, 0.3) is 0 Å². The minimum absolute atomic E-state index is 0. The van der Waals surface area contributed by atoms with E-state index < -0.39 is 0 Å². The van der Waals surface area contributed by atoms with E-state index in [2.05, 4.69) is 17.5 Å². The summed E-state index contributed by atoms with van der Waals surface area (Å²) in [5, 5.41) is 2.87. The Morgan fingerprint density at radius 3 is 1.67 bits per heavy atom. The second kappa shape index (κ2) is 17.4. The average molecular weight is 438 g/mol. The predicted octanol–water partition coefficient (Wildman–Crippen LogP) is 4.04. The summed E-state index contributed by atoms with van der Waals surface area (Å²) in [6.45, 7) is 11.5. The summed E-state index contributed by atoms with van der Waals surface area (Å²) < 4.78 is 0. The summed E-state index contributed by atoms with van der Waals surface area (Å²) in [7, 11) is 0. The monoisotopic (exact) mass is 438 g/mol. The molecule has 2 rings (SSSR count). The third-order valence-corrected chi connectivity index (χ3v) is 2.43. The molecule has 0 aromatic heterocycles. The number of ketones is 2. The Hall–Kier alpha value is -0.407. The summed E-state index contributed by atoms with van der Waals surface area (Å²) in [4.78, 5) is 22.9. The van der Waals surface area contributed by atoms with Gasteiger partial charge in [-0.05, 0) is 30.6 Å². The molecule has 1 aromatic carbocycles. The number of benzene rings is 1. The van der Waals surface area contributed by atoms with E-state index in [-0.39, 0.29) is 72.9 Å². The van der Waals surface area contributed by atoms with Gasteiger partial charge in [0.05, 0.1) is 0 Å². The fraction of sp³-hybridized carbons (Fsp3) is 0.333. The number of Topliss-reactive ketones (excluding diaryl/α,β-unsaturated/α-hetero) is 2. The summed E-state index contributed by atoms with van der Waals surface area (Å²) in [6, 6.07) is 7.52. The van der Waals surface area contributed by atoms with Gasteiger partial charge < -0.3 is 14.9 Å². The summed E-state index contributed by atoms with van der Waals surface area (Å²) in [5.41, 5.74) is 2.32. The maximum atomic E-state index is 11.6. The summed E-state index contributed by atoms with van der Waals surface area (Å²) >= 11 is 0. The van der Waals surface area contributed by atoms with E-state index >= 15 is 0 Å². The Kier molecular flexibility index (Phi) is 22.8. The van der Waals surface area contributed by atoms with E-state index in [1.807, 2.05) is 58.9 Å². The zero-order valence-corrected chi connectivity index (χ0v) is 19.2. The maximum absolute atomic E-state index is 11.6. The number of nitrogens with one attached hydrogen (secondary N) is 1. The number of carbonyl (C=O) groups is 2. The van der Waals surface area contributed by atoms with Gasteiger partial charge in [-0.1, -0.05) is 45.4 Å². The normalized spacial score (nSPS) is 11.4. The van der Waals surface area contributed by atoms with Crippen molar-refractivity contribution in [3.63, 3.8) is 0 Å².